The molecule has 0 spiro atoms. The van der Waals surface area contributed by atoms with Crippen molar-refractivity contribution in [3.8, 4) is 0 Å². The zero-order valence-corrected chi connectivity index (χ0v) is 48.0. The van der Waals surface area contributed by atoms with Crippen LogP contribution in [-0.4, -0.2) is 114 Å². The van der Waals surface area contributed by atoms with Crippen LogP contribution in [0.3, 0.4) is 0 Å². The summed E-state index contributed by atoms with van der Waals surface area (Å²) in [5.41, 5.74) is 1.74. The molecule has 0 bridgehead atoms. The van der Waals surface area contributed by atoms with Gasteiger partial charge in [-0.15, -0.1) is 11.8 Å². The van der Waals surface area contributed by atoms with Gasteiger partial charge in [0.2, 0.25) is 0 Å². The first-order valence-corrected chi connectivity index (χ1v) is 32.8. The van der Waals surface area contributed by atoms with Crippen LogP contribution in [0.5, 0.6) is 0 Å². The fourth-order valence-corrected chi connectivity index (χ4v) is 18.8. The van der Waals surface area contributed by atoms with Crippen LogP contribution < -0.4 is 0 Å². The molecule has 3 heterocycles. The third kappa shape index (κ3) is 14.2. The van der Waals surface area contributed by atoms with Gasteiger partial charge in [0, 0.05) is 18.2 Å². The third-order valence-electron chi connectivity index (χ3n) is 13.8. The number of rotatable bonds is 19. The van der Waals surface area contributed by atoms with E-state index in [1.165, 1.54) is 11.8 Å². The molecule has 16 heteroatoms. The van der Waals surface area contributed by atoms with Gasteiger partial charge >= 0.3 is 26.5 Å². The van der Waals surface area contributed by atoms with Crippen LogP contribution in [0.1, 0.15) is 83.7 Å². The van der Waals surface area contributed by atoms with Gasteiger partial charge in [-0.25, -0.2) is 14.4 Å². The standard InChI is InChI=1S/C60H74O13SSi2/c1-59(2,3)76(60(4,5)6)67-40-47-49(73-76)50(64-37-41-25-15-10-16-26-41)52(65-38-42-27-17-11-18-28-42)57(68-47)66-39-46-48(70-54(61)43-29-19-12-20-30-43)51(71-55(62)44-31-21-13-22-32-44)53(58(69-46)74-35-36-75(7,8)9)72-56(63)45-33-23-14-24-34-45/h10-34,46-53,57-58H,35-40H2,1-9H3/t46-,47-,48+,49+,50+,51+,52-,53-,57-,58+/m1/s1. The molecular formula is C60H74O13SSi2. The highest BCUT2D eigenvalue weighted by atomic mass is 32.2. The molecule has 5 aromatic carbocycles. The van der Waals surface area contributed by atoms with Crippen molar-refractivity contribution < 1.29 is 61.1 Å². The number of fused-ring (bicyclic) bond motifs is 1. The van der Waals surface area contributed by atoms with Gasteiger partial charge in [0.15, 0.2) is 24.6 Å². The van der Waals surface area contributed by atoms with Crippen LogP contribution in [0.2, 0.25) is 35.8 Å². The Hall–Kier alpha value is -4.99. The van der Waals surface area contributed by atoms with E-state index in [1.807, 2.05) is 60.7 Å². The molecule has 0 amide bonds. The smallest absolute Gasteiger partial charge is 0.349 e. The van der Waals surface area contributed by atoms with Crippen molar-refractivity contribution in [2.75, 3.05) is 19.0 Å². The first kappa shape index (κ1) is 57.2. The van der Waals surface area contributed by atoms with E-state index >= 15 is 0 Å². The number of hydrogen-bond donors (Lipinski definition) is 0. The topological polar surface area (TPSA) is 144 Å². The lowest BCUT2D eigenvalue weighted by Crippen LogP contribution is -2.72. The van der Waals surface area contributed by atoms with Gasteiger partial charge in [-0.05, 0) is 59.3 Å². The van der Waals surface area contributed by atoms with Crippen LogP contribution in [-0.2, 0) is 60.0 Å². The van der Waals surface area contributed by atoms with Crippen LogP contribution in [0.4, 0.5) is 0 Å². The molecule has 76 heavy (non-hydrogen) atoms. The minimum absolute atomic E-state index is 0.188. The van der Waals surface area contributed by atoms with Crippen molar-refractivity contribution in [2.24, 2.45) is 0 Å². The van der Waals surface area contributed by atoms with E-state index in [2.05, 4.69) is 61.2 Å². The predicted molar refractivity (Wildman–Crippen MR) is 297 cm³/mol. The minimum Gasteiger partial charge on any atom is -0.452 e. The molecule has 406 valence electrons. The number of carbonyl (C=O) groups excluding carboxylic acids is 3. The molecule has 8 rings (SSSR count). The Balaban J connectivity index is 1.20. The molecule has 3 aliphatic rings. The van der Waals surface area contributed by atoms with E-state index in [9.17, 15) is 14.4 Å². The Morgan fingerprint density at radius 1 is 0.553 bits per heavy atom. The number of thioether (sulfide) groups is 1. The maximum atomic E-state index is 14.4. The summed E-state index contributed by atoms with van der Waals surface area (Å²) in [6.07, 6.45) is -9.19. The molecule has 3 aliphatic heterocycles. The third-order valence-corrected chi connectivity index (χ3v) is 22.2. The lowest BCUT2D eigenvalue weighted by Gasteiger charge is -2.58. The fourth-order valence-electron chi connectivity index (χ4n) is 10.0. The second kappa shape index (κ2) is 25.2. The van der Waals surface area contributed by atoms with Gasteiger partial charge in [0.05, 0.1) is 43.1 Å². The molecule has 0 radical (unpaired) electrons. The lowest BCUT2D eigenvalue weighted by atomic mass is 9.97. The predicted octanol–water partition coefficient (Wildman–Crippen LogP) is 11.8. The molecule has 3 saturated heterocycles. The quantitative estimate of drug-likeness (QED) is 0.0439. The second-order valence-electron chi connectivity index (χ2n) is 22.8. The van der Waals surface area contributed by atoms with Gasteiger partial charge in [-0.3, -0.25) is 0 Å². The molecule has 10 atom stereocenters. The van der Waals surface area contributed by atoms with Gasteiger partial charge < -0.3 is 46.7 Å². The summed E-state index contributed by atoms with van der Waals surface area (Å²) in [6, 6.07) is 46.3. The monoisotopic (exact) mass is 1090 g/mol. The summed E-state index contributed by atoms with van der Waals surface area (Å²) >= 11 is 1.45. The molecular weight excluding hydrogens is 1020 g/mol. The minimum atomic E-state index is -3.10. The number of hydrogen-bond acceptors (Lipinski definition) is 14. The summed E-state index contributed by atoms with van der Waals surface area (Å²) < 4.78 is 68.8. The molecule has 0 saturated carbocycles. The van der Waals surface area contributed by atoms with E-state index in [4.69, 9.17) is 46.7 Å². The van der Waals surface area contributed by atoms with Gasteiger partial charge in [0.25, 0.3) is 0 Å². The zero-order valence-electron chi connectivity index (χ0n) is 45.2. The van der Waals surface area contributed by atoms with Crippen molar-refractivity contribution in [3.05, 3.63) is 179 Å². The Bertz CT molecular complexity index is 2620. The van der Waals surface area contributed by atoms with Gasteiger partial charge in [-0.1, -0.05) is 176 Å². The van der Waals surface area contributed by atoms with Crippen LogP contribution in [0.15, 0.2) is 152 Å². The lowest BCUT2D eigenvalue weighted by molar-refractivity contribution is -0.333. The van der Waals surface area contributed by atoms with Crippen molar-refractivity contribution in [2.45, 2.75) is 151 Å². The fraction of sp³-hybridized carbons (Fsp3) is 0.450. The number of ether oxygens (including phenoxy) is 8. The van der Waals surface area contributed by atoms with Crippen molar-refractivity contribution in [3.63, 3.8) is 0 Å². The summed E-state index contributed by atoms with van der Waals surface area (Å²) in [7, 11) is -4.71. The van der Waals surface area contributed by atoms with Gasteiger partial charge in [0.1, 0.15) is 36.0 Å². The van der Waals surface area contributed by atoms with E-state index in [1.54, 1.807) is 91.0 Å². The summed E-state index contributed by atoms with van der Waals surface area (Å²) in [4.78, 5) is 42.9. The van der Waals surface area contributed by atoms with E-state index < -0.39 is 95.1 Å². The molecule has 13 nitrogen and oxygen atoms in total. The van der Waals surface area contributed by atoms with Crippen molar-refractivity contribution >= 4 is 46.3 Å². The largest absolute Gasteiger partial charge is 0.452 e. The highest BCUT2D eigenvalue weighted by molar-refractivity contribution is 7.99. The van der Waals surface area contributed by atoms with Crippen molar-refractivity contribution in [1.82, 2.24) is 0 Å². The second-order valence-corrected chi connectivity index (χ2v) is 34.4. The maximum absolute atomic E-state index is 14.4. The van der Waals surface area contributed by atoms with Crippen LogP contribution in [0.25, 0.3) is 0 Å². The number of carbonyl (C=O) groups is 3. The summed E-state index contributed by atoms with van der Waals surface area (Å²) in [5.74, 6) is -1.45. The van der Waals surface area contributed by atoms with Crippen molar-refractivity contribution in [1.29, 1.82) is 0 Å². The highest BCUT2D eigenvalue weighted by Crippen LogP contribution is 2.55. The van der Waals surface area contributed by atoms with Crippen LogP contribution in [0, 0.1) is 0 Å². The van der Waals surface area contributed by atoms with E-state index in [-0.39, 0.29) is 53.2 Å². The average Bonchev–Trinajstić information content (AvgIpc) is 3.45. The zero-order chi connectivity index (χ0) is 54.1. The summed E-state index contributed by atoms with van der Waals surface area (Å²) in [6.45, 7) is 20.2. The Morgan fingerprint density at radius 2 is 0.987 bits per heavy atom. The van der Waals surface area contributed by atoms with Crippen LogP contribution >= 0.6 is 11.8 Å². The van der Waals surface area contributed by atoms with E-state index in [0.717, 1.165) is 17.2 Å². The first-order chi connectivity index (χ1) is 36.3. The molecule has 0 unspecified atom stereocenters. The van der Waals surface area contributed by atoms with E-state index in [0.29, 0.717) is 5.75 Å². The Kier molecular flexibility index (Phi) is 19.0. The molecule has 3 fully saturated rings. The maximum Gasteiger partial charge on any atom is 0.349 e. The molecule has 0 N–H and O–H groups in total. The average molecular weight is 1090 g/mol. The summed E-state index contributed by atoms with van der Waals surface area (Å²) in [5, 5.41) is -0.703. The Morgan fingerprint density at radius 3 is 1.45 bits per heavy atom. The molecule has 5 aromatic rings. The normalized spacial score (nSPS) is 25.6. The molecule has 0 aliphatic carbocycles. The molecule has 0 aromatic heterocycles. The SMILES string of the molecule is CC(C)(C)[Si]1(C(C)(C)C)OC[C@H]2O[C@@H](OC[C@H]3O[C@@H](SCC[Si](C)(C)C)[C@H](OC(=O)c4ccccc4)[C@@H](OC(=O)c4ccccc4)[C@H]3OC(=O)c3ccccc3)[C@H](OCc3ccccc3)[C@@H](OCc3ccccc3)[C@H]2O1. The van der Waals surface area contributed by atoms with Gasteiger partial charge in [-0.2, -0.15) is 0 Å². The number of esters is 3. The highest BCUT2D eigenvalue weighted by Gasteiger charge is 2.65. The Labute approximate surface area is 454 Å². The first-order valence-electron chi connectivity index (χ1n) is 26.3. The number of benzene rings is 5.